The number of carbonyl (C=O) groups is 1. The van der Waals surface area contributed by atoms with E-state index < -0.39 is 18.5 Å². The number of fused-ring (bicyclic) bond motifs is 2. The predicted molar refractivity (Wildman–Crippen MR) is 121 cm³/mol. The number of alkyl halides is 2. The molecule has 12 heteroatoms. The van der Waals surface area contributed by atoms with Crippen LogP contribution in [-0.2, 0) is 11.3 Å². The summed E-state index contributed by atoms with van der Waals surface area (Å²) in [6, 6.07) is 6.48. The van der Waals surface area contributed by atoms with Gasteiger partial charge in [-0.25, -0.2) is 18.0 Å². The van der Waals surface area contributed by atoms with E-state index in [0.29, 0.717) is 12.1 Å². The topological polar surface area (TPSA) is 102 Å². The van der Waals surface area contributed by atoms with Crippen molar-refractivity contribution in [1.29, 1.82) is 0 Å². The van der Waals surface area contributed by atoms with Gasteiger partial charge in [-0.15, -0.1) is 10.2 Å². The van der Waals surface area contributed by atoms with Crippen molar-refractivity contribution in [2.45, 2.75) is 38.8 Å². The predicted octanol–water partition coefficient (Wildman–Crippen LogP) is 2.84. The molecule has 0 bridgehead atoms. The zero-order chi connectivity index (χ0) is 24.0. The fourth-order valence-corrected chi connectivity index (χ4v) is 4.34. The molecule has 1 aliphatic heterocycles. The second-order valence-corrected chi connectivity index (χ2v) is 8.26. The lowest BCUT2D eigenvalue weighted by Crippen LogP contribution is -2.55. The minimum Gasteiger partial charge on any atom is -0.479 e. The largest absolute Gasteiger partial charge is 0.479 e. The van der Waals surface area contributed by atoms with Gasteiger partial charge >= 0.3 is 0 Å². The highest BCUT2D eigenvalue weighted by atomic mass is 19.3. The molecule has 0 aliphatic carbocycles. The summed E-state index contributed by atoms with van der Waals surface area (Å²) in [5.74, 6) is -3.21. The van der Waals surface area contributed by atoms with E-state index in [9.17, 15) is 13.6 Å². The van der Waals surface area contributed by atoms with Gasteiger partial charge in [0.05, 0.1) is 25.2 Å². The van der Waals surface area contributed by atoms with Gasteiger partial charge in [0.2, 0.25) is 17.7 Å². The number of amides is 1. The molecule has 1 saturated heterocycles. The first kappa shape index (κ1) is 22.0. The fourth-order valence-electron chi connectivity index (χ4n) is 4.34. The van der Waals surface area contributed by atoms with Crippen molar-refractivity contribution in [1.82, 2.24) is 34.5 Å². The minimum absolute atomic E-state index is 0.0242. The number of piperidine rings is 1. The molecule has 178 valence electrons. The molecule has 4 aromatic rings. The SMILES string of the molecule is CCn1nnc2ccc(-c3ccn4nc(N[C@@H]5CCN(C(C)=O)CC5(F)F)nc(OC)c34)cc21. The van der Waals surface area contributed by atoms with Crippen molar-refractivity contribution in [2.75, 3.05) is 25.5 Å². The van der Waals surface area contributed by atoms with Gasteiger partial charge in [-0.3, -0.25) is 4.79 Å². The Kier molecular flexibility index (Phi) is 5.29. The van der Waals surface area contributed by atoms with Gasteiger partial charge in [-0.05, 0) is 37.1 Å². The summed E-state index contributed by atoms with van der Waals surface area (Å²) in [5, 5.41) is 15.5. The maximum Gasteiger partial charge on any atom is 0.285 e. The number of aryl methyl sites for hydroxylation is 1. The van der Waals surface area contributed by atoms with Crippen molar-refractivity contribution in [3.8, 4) is 17.0 Å². The van der Waals surface area contributed by atoms with Crippen molar-refractivity contribution >= 4 is 28.4 Å². The summed E-state index contributed by atoms with van der Waals surface area (Å²) in [6.07, 6.45) is 1.81. The van der Waals surface area contributed by atoms with Crippen LogP contribution in [0.25, 0.3) is 27.7 Å². The Hall–Kier alpha value is -3.83. The lowest BCUT2D eigenvalue weighted by molar-refractivity contribution is -0.140. The van der Waals surface area contributed by atoms with Gasteiger partial charge in [0.1, 0.15) is 11.0 Å². The number of hydrogen-bond acceptors (Lipinski definition) is 7. The Labute approximate surface area is 193 Å². The van der Waals surface area contributed by atoms with Crippen LogP contribution >= 0.6 is 0 Å². The van der Waals surface area contributed by atoms with Crippen LogP contribution in [0.5, 0.6) is 5.88 Å². The van der Waals surface area contributed by atoms with E-state index in [1.54, 1.807) is 10.7 Å². The smallest absolute Gasteiger partial charge is 0.285 e. The van der Waals surface area contributed by atoms with E-state index >= 15 is 0 Å². The van der Waals surface area contributed by atoms with E-state index in [1.165, 1.54) is 14.0 Å². The van der Waals surface area contributed by atoms with Gasteiger partial charge < -0.3 is 15.0 Å². The average Bonchev–Trinajstić information content (AvgIpc) is 3.43. The van der Waals surface area contributed by atoms with Crippen LogP contribution in [0.1, 0.15) is 20.3 Å². The molecule has 4 heterocycles. The van der Waals surface area contributed by atoms with E-state index in [1.807, 2.05) is 35.9 Å². The molecule has 0 saturated carbocycles. The van der Waals surface area contributed by atoms with E-state index in [0.717, 1.165) is 27.1 Å². The molecule has 1 N–H and O–H groups in total. The van der Waals surface area contributed by atoms with Gasteiger partial charge in [0.25, 0.3) is 5.92 Å². The molecule has 1 fully saturated rings. The Morgan fingerprint density at radius 3 is 2.85 bits per heavy atom. The van der Waals surface area contributed by atoms with Crippen LogP contribution in [0, 0.1) is 0 Å². The fraction of sp³-hybridized carbons (Fsp3) is 0.409. The summed E-state index contributed by atoms with van der Waals surface area (Å²) in [4.78, 5) is 17.0. The lowest BCUT2D eigenvalue weighted by Gasteiger charge is -2.38. The Morgan fingerprint density at radius 2 is 2.15 bits per heavy atom. The third-order valence-electron chi connectivity index (χ3n) is 6.14. The number of benzene rings is 1. The quantitative estimate of drug-likeness (QED) is 0.479. The van der Waals surface area contributed by atoms with Gasteiger partial charge in [-0.1, -0.05) is 11.3 Å². The second-order valence-electron chi connectivity index (χ2n) is 8.26. The van der Waals surface area contributed by atoms with Crippen LogP contribution in [0.2, 0.25) is 0 Å². The molecule has 3 aromatic heterocycles. The van der Waals surface area contributed by atoms with Crippen LogP contribution < -0.4 is 10.1 Å². The highest BCUT2D eigenvalue weighted by Crippen LogP contribution is 2.34. The highest BCUT2D eigenvalue weighted by Gasteiger charge is 2.45. The monoisotopic (exact) mass is 470 g/mol. The molecule has 5 rings (SSSR count). The number of hydrogen-bond donors (Lipinski definition) is 1. The van der Waals surface area contributed by atoms with E-state index in [4.69, 9.17) is 4.74 Å². The average molecular weight is 470 g/mol. The number of carbonyl (C=O) groups excluding carboxylic acids is 1. The van der Waals surface area contributed by atoms with Crippen molar-refractivity contribution < 1.29 is 18.3 Å². The standard InChI is InChI=1S/C22H24F2N8O2/c1-4-31-17-11-14(5-6-16(17)27-29-31)15-7-10-32-19(15)20(34-3)26-21(28-32)25-18-8-9-30(13(2)33)12-22(18,23)24/h5-7,10-11,18H,4,8-9,12H2,1-3H3,(H,25,28)/t18-/m1/s1. The molecule has 0 unspecified atom stereocenters. The lowest BCUT2D eigenvalue weighted by atomic mass is 10.0. The zero-order valence-electron chi connectivity index (χ0n) is 19.0. The number of rotatable bonds is 5. The summed E-state index contributed by atoms with van der Waals surface area (Å²) in [6.45, 7) is 3.57. The van der Waals surface area contributed by atoms with Crippen LogP contribution in [0.3, 0.4) is 0 Å². The first-order valence-electron chi connectivity index (χ1n) is 11.0. The number of aromatic nitrogens is 6. The molecule has 1 aliphatic rings. The number of methoxy groups -OCH3 is 1. The summed E-state index contributed by atoms with van der Waals surface area (Å²) in [5.41, 5.74) is 4.03. The van der Waals surface area contributed by atoms with Gasteiger partial charge in [0.15, 0.2) is 0 Å². The molecule has 1 aromatic carbocycles. The van der Waals surface area contributed by atoms with Crippen molar-refractivity contribution in [3.63, 3.8) is 0 Å². The van der Waals surface area contributed by atoms with Crippen LogP contribution in [-0.4, -0.2) is 72.6 Å². The first-order valence-corrected chi connectivity index (χ1v) is 11.0. The first-order chi connectivity index (χ1) is 16.3. The molecular weight excluding hydrogens is 446 g/mol. The van der Waals surface area contributed by atoms with Gasteiger partial charge in [0, 0.05) is 31.8 Å². The number of ether oxygens (including phenoxy) is 1. The summed E-state index contributed by atoms with van der Waals surface area (Å²) in [7, 11) is 1.47. The molecule has 1 amide bonds. The molecular formula is C22H24F2N8O2. The Bertz CT molecular complexity index is 1380. The number of likely N-dealkylation sites (tertiary alicyclic amines) is 1. The van der Waals surface area contributed by atoms with Crippen LogP contribution in [0.15, 0.2) is 30.5 Å². The second kappa shape index (κ2) is 8.19. The molecule has 0 spiro atoms. The molecule has 1 atom stereocenters. The number of halogens is 2. The molecule has 0 radical (unpaired) electrons. The maximum absolute atomic E-state index is 14.7. The summed E-state index contributed by atoms with van der Waals surface area (Å²) < 4.78 is 38.3. The number of anilines is 1. The third kappa shape index (κ3) is 3.68. The summed E-state index contributed by atoms with van der Waals surface area (Å²) >= 11 is 0. The normalized spacial score (nSPS) is 17.9. The highest BCUT2D eigenvalue weighted by molar-refractivity contribution is 5.89. The van der Waals surface area contributed by atoms with Crippen molar-refractivity contribution in [3.05, 3.63) is 30.5 Å². The minimum atomic E-state index is -3.12. The third-order valence-corrected chi connectivity index (χ3v) is 6.14. The van der Waals surface area contributed by atoms with E-state index in [2.05, 4.69) is 25.7 Å². The molecule has 34 heavy (non-hydrogen) atoms. The Morgan fingerprint density at radius 1 is 1.32 bits per heavy atom. The van der Waals surface area contributed by atoms with E-state index in [-0.39, 0.29) is 30.7 Å². The van der Waals surface area contributed by atoms with Crippen molar-refractivity contribution in [2.24, 2.45) is 0 Å². The maximum atomic E-state index is 14.7. The zero-order valence-corrected chi connectivity index (χ0v) is 19.0. The number of nitrogens with one attached hydrogen (secondary N) is 1. The Balaban J connectivity index is 1.49. The van der Waals surface area contributed by atoms with Crippen LogP contribution in [0.4, 0.5) is 14.7 Å². The molecule has 10 nitrogen and oxygen atoms in total. The van der Waals surface area contributed by atoms with Gasteiger partial charge in [-0.2, -0.15) is 4.98 Å². The number of nitrogens with zero attached hydrogens (tertiary/aromatic N) is 7.